The molecule has 0 aromatic carbocycles. The monoisotopic (exact) mass is 350 g/mol. The average Bonchev–Trinajstić information content (AvgIpc) is 2.83. The molecule has 0 saturated heterocycles. The number of allylic oxidation sites excluding steroid dienone is 1. The van der Waals surface area contributed by atoms with Crippen molar-refractivity contribution in [2.24, 2.45) is 28.6 Å². The molecule has 4 rings (SSSR count). The molecule has 0 heterocycles. The molecule has 134 valence electrons. The molecule has 3 heteroatoms. The Hall–Kier alpha value is -0.500. The molecule has 24 heavy (non-hydrogen) atoms. The van der Waals surface area contributed by atoms with Crippen LogP contribution in [0.15, 0.2) is 11.6 Å². The zero-order valence-corrected chi connectivity index (χ0v) is 16.1. The number of ether oxygens (including phenoxy) is 1. The maximum absolute atomic E-state index is 11.3. The van der Waals surface area contributed by atoms with Gasteiger partial charge in [0.05, 0.1) is 0 Å². The highest BCUT2D eigenvalue weighted by Gasteiger charge is 2.58. The van der Waals surface area contributed by atoms with Crippen molar-refractivity contribution in [3.05, 3.63) is 11.6 Å². The lowest BCUT2D eigenvalue weighted by Gasteiger charge is -2.58. The summed E-state index contributed by atoms with van der Waals surface area (Å²) in [5.41, 5.74) is 2.27. The standard InChI is InChI=1S/C21H31ClO2/c1-13(23)24-15-8-10-20(2)14(12-15)4-5-16-17-6-7-19(22)21(17,3)11-9-18(16)20/h12,15-19H,4-11H2,1-3H3/t15?,16-,17-,18-,19?,20-,21-/m0/s1. The molecule has 0 aromatic heterocycles. The Morgan fingerprint density at radius 2 is 1.92 bits per heavy atom. The van der Waals surface area contributed by atoms with E-state index in [1.54, 1.807) is 5.57 Å². The minimum absolute atomic E-state index is 0.00897. The number of alkyl halides is 1. The largest absolute Gasteiger partial charge is 0.458 e. The lowest BCUT2D eigenvalue weighted by atomic mass is 9.47. The topological polar surface area (TPSA) is 26.3 Å². The number of hydrogen-bond acceptors (Lipinski definition) is 2. The number of carbonyl (C=O) groups excluding carboxylic acids is 1. The van der Waals surface area contributed by atoms with E-state index in [0.717, 1.165) is 24.2 Å². The predicted octanol–water partition coefficient (Wildman–Crippen LogP) is 5.49. The normalized spacial score (nSPS) is 50.3. The van der Waals surface area contributed by atoms with Gasteiger partial charge in [-0.15, -0.1) is 11.6 Å². The molecule has 4 aliphatic rings. The summed E-state index contributed by atoms with van der Waals surface area (Å²) in [5, 5.41) is 0.382. The van der Waals surface area contributed by atoms with E-state index in [4.69, 9.17) is 16.3 Å². The number of fused-ring (bicyclic) bond motifs is 5. The molecule has 3 fully saturated rings. The summed E-state index contributed by atoms with van der Waals surface area (Å²) in [7, 11) is 0. The maximum atomic E-state index is 11.3. The van der Waals surface area contributed by atoms with Crippen molar-refractivity contribution in [2.75, 3.05) is 0 Å². The molecule has 0 aliphatic heterocycles. The van der Waals surface area contributed by atoms with Crippen LogP contribution in [0, 0.1) is 28.6 Å². The molecule has 0 aromatic rings. The lowest BCUT2D eigenvalue weighted by Crippen LogP contribution is -2.51. The highest BCUT2D eigenvalue weighted by atomic mass is 35.5. The van der Waals surface area contributed by atoms with Gasteiger partial charge in [0.15, 0.2) is 0 Å². The van der Waals surface area contributed by atoms with Gasteiger partial charge in [-0.05, 0) is 86.0 Å². The summed E-state index contributed by atoms with van der Waals surface area (Å²) in [4.78, 5) is 11.3. The van der Waals surface area contributed by atoms with Crippen molar-refractivity contribution in [3.8, 4) is 0 Å². The van der Waals surface area contributed by atoms with Crippen molar-refractivity contribution < 1.29 is 9.53 Å². The van der Waals surface area contributed by atoms with Gasteiger partial charge in [-0.1, -0.05) is 19.4 Å². The fraction of sp³-hybridized carbons (Fsp3) is 0.857. The Morgan fingerprint density at radius 1 is 1.12 bits per heavy atom. The summed E-state index contributed by atoms with van der Waals surface area (Å²) >= 11 is 6.74. The van der Waals surface area contributed by atoms with E-state index in [2.05, 4.69) is 19.9 Å². The third kappa shape index (κ3) is 2.39. The first-order chi connectivity index (χ1) is 11.3. The zero-order valence-electron chi connectivity index (χ0n) is 15.3. The van der Waals surface area contributed by atoms with Crippen LogP contribution in [0.25, 0.3) is 0 Å². The highest BCUT2D eigenvalue weighted by Crippen LogP contribution is 2.66. The van der Waals surface area contributed by atoms with Gasteiger partial charge >= 0.3 is 5.97 Å². The van der Waals surface area contributed by atoms with E-state index in [-0.39, 0.29) is 12.1 Å². The molecular formula is C21H31ClO2. The predicted molar refractivity (Wildman–Crippen MR) is 96.9 cm³/mol. The molecular weight excluding hydrogens is 320 g/mol. The van der Waals surface area contributed by atoms with Crippen LogP contribution in [0.5, 0.6) is 0 Å². The van der Waals surface area contributed by atoms with E-state index < -0.39 is 0 Å². The first kappa shape index (κ1) is 16.9. The van der Waals surface area contributed by atoms with Crippen molar-refractivity contribution in [1.29, 1.82) is 0 Å². The molecule has 2 nitrogen and oxygen atoms in total. The second-order valence-corrected chi connectivity index (χ2v) is 9.83. The summed E-state index contributed by atoms with van der Waals surface area (Å²) < 4.78 is 5.49. The smallest absolute Gasteiger partial charge is 0.303 e. The first-order valence-electron chi connectivity index (χ1n) is 9.87. The number of hydrogen-bond donors (Lipinski definition) is 0. The molecule has 0 spiro atoms. The first-order valence-corrected chi connectivity index (χ1v) is 10.3. The van der Waals surface area contributed by atoms with Crippen LogP contribution in [0.3, 0.4) is 0 Å². The zero-order chi connectivity index (χ0) is 17.1. The van der Waals surface area contributed by atoms with E-state index in [1.807, 2.05) is 0 Å². The summed E-state index contributed by atoms with van der Waals surface area (Å²) in [6, 6.07) is 0. The Labute approximate surface area is 151 Å². The van der Waals surface area contributed by atoms with E-state index in [0.29, 0.717) is 16.2 Å². The molecule has 4 aliphatic carbocycles. The van der Waals surface area contributed by atoms with Crippen LogP contribution in [0.2, 0.25) is 0 Å². The second-order valence-electron chi connectivity index (χ2n) is 9.30. The molecule has 0 amide bonds. The quantitative estimate of drug-likeness (QED) is 0.355. The Balaban J connectivity index is 1.60. The number of halogens is 1. The van der Waals surface area contributed by atoms with Gasteiger partial charge in [0, 0.05) is 12.3 Å². The van der Waals surface area contributed by atoms with E-state index in [9.17, 15) is 4.79 Å². The van der Waals surface area contributed by atoms with Gasteiger partial charge in [-0.3, -0.25) is 4.79 Å². The summed E-state index contributed by atoms with van der Waals surface area (Å²) in [6.45, 7) is 6.48. The maximum Gasteiger partial charge on any atom is 0.303 e. The molecule has 0 bridgehead atoms. The van der Waals surface area contributed by atoms with Crippen LogP contribution >= 0.6 is 11.6 Å². The van der Waals surface area contributed by atoms with Gasteiger partial charge in [0.25, 0.3) is 0 Å². The number of esters is 1. The van der Waals surface area contributed by atoms with Crippen molar-refractivity contribution in [3.63, 3.8) is 0 Å². The average molecular weight is 351 g/mol. The minimum Gasteiger partial charge on any atom is -0.458 e. The van der Waals surface area contributed by atoms with E-state index >= 15 is 0 Å². The molecule has 0 radical (unpaired) electrons. The van der Waals surface area contributed by atoms with Crippen molar-refractivity contribution in [2.45, 2.75) is 83.6 Å². The van der Waals surface area contributed by atoms with Gasteiger partial charge < -0.3 is 4.74 Å². The Bertz CT molecular complexity index is 570. The Morgan fingerprint density at radius 3 is 2.67 bits per heavy atom. The van der Waals surface area contributed by atoms with Crippen LogP contribution in [-0.4, -0.2) is 17.5 Å². The van der Waals surface area contributed by atoms with Crippen LogP contribution in [-0.2, 0) is 9.53 Å². The van der Waals surface area contributed by atoms with Crippen molar-refractivity contribution in [1.82, 2.24) is 0 Å². The van der Waals surface area contributed by atoms with Gasteiger partial charge in [-0.25, -0.2) is 0 Å². The van der Waals surface area contributed by atoms with Crippen LogP contribution in [0.4, 0.5) is 0 Å². The van der Waals surface area contributed by atoms with Gasteiger partial charge in [0.1, 0.15) is 6.10 Å². The van der Waals surface area contributed by atoms with Crippen LogP contribution < -0.4 is 0 Å². The highest BCUT2D eigenvalue weighted by molar-refractivity contribution is 6.21. The molecule has 0 N–H and O–H groups in total. The number of rotatable bonds is 1. The minimum atomic E-state index is -0.151. The summed E-state index contributed by atoms with van der Waals surface area (Å²) in [6.07, 6.45) is 12.1. The molecule has 7 atom stereocenters. The van der Waals surface area contributed by atoms with Gasteiger partial charge in [-0.2, -0.15) is 0 Å². The lowest BCUT2D eigenvalue weighted by molar-refractivity contribution is -0.145. The SMILES string of the molecule is CC(=O)OC1C=C2CC[C@@H]3[C@H](CC[C@]4(C)C(Cl)CC[C@@H]34)[C@@]2(C)CC1. The molecule has 3 saturated carbocycles. The fourth-order valence-corrected chi connectivity index (χ4v) is 7.34. The third-order valence-corrected chi connectivity index (χ3v) is 8.99. The fourth-order valence-electron chi connectivity index (χ4n) is 6.94. The Kier molecular flexibility index (Phi) is 4.06. The summed E-state index contributed by atoms with van der Waals surface area (Å²) in [5.74, 6) is 2.32. The molecule has 2 unspecified atom stereocenters. The second kappa shape index (κ2) is 5.76. The van der Waals surface area contributed by atoms with Gasteiger partial charge in [0.2, 0.25) is 0 Å². The van der Waals surface area contributed by atoms with Crippen LogP contribution in [0.1, 0.15) is 72.1 Å². The number of carbonyl (C=O) groups is 1. The van der Waals surface area contributed by atoms with Crippen molar-refractivity contribution >= 4 is 17.6 Å². The van der Waals surface area contributed by atoms with E-state index in [1.165, 1.54) is 51.9 Å². The third-order valence-electron chi connectivity index (χ3n) is 8.27.